The first-order chi connectivity index (χ1) is 11.6. The van der Waals surface area contributed by atoms with Gasteiger partial charge in [0.15, 0.2) is 16.0 Å². The Bertz CT molecular complexity index is 894. The number of aromatic nitrogens is 4. The van der Waals surface area contributed by atoms with Crippen molar-refractivity contribution in [3.05, 3.63) is 58.3 Å². The standard InChI is InChI=1S/C16H15N5O2S/c1-3-20-14(12-8-5-4-7-11(12)2)18-19-16(20)24-15-13(21(22)23)9-6-10-17-15/h4-10H,3H2,1-2H3. The fourth-order valence-corrected chi connectivity index (χ4v) is 3.30. The van der Waals surface area contributed by atoms with E-state index in [1.165, 1.54) is 12.3 Å². The Kier molecular flexibility index (Phi) is 4.57. The van der Waals surface area contributed by atoms with Gasteiger partial charge in [0, 0.05) is 24.4 Å². The Morgan fingerprint density at radius 3 is 2.71 bits per heavy atom. The van der Waals surface area contributed by atoms with Crippen LogP contribution in [0.4, 0.5) is 5.69 Å². The molecule has 0 amide bonds. The van der Waals surface area contributed by atoms with Gasteiger partial charge in [0.05, 0.1) is 4.92 Å². The van der Waals surface area contributed by atoms with E-state index in [2.05, 4.69) is 15.2 Å². The SMILES string of the molecule is CCn1c(Sc2ncccc2[N+](=O)[O-])nnc1-c1ccccc1C. The lowest BCUT2D eigenvalue weighted by Gasteiger charge is -2.08. The third kappa shape index (κ3) is 3.00. The average molecular weight is 341 g/mol. The van der Waals surface area contributed by atoms with E-state index in [4.69, 9.17) is 0 Å². The maximum atomic E-state index is 11.1. The highest BCUT2D eigenvalue weighted by atomic mass is 32.2. The van der Waals surface area contributed by atoms with E-state index in [0.29, 0.717) is 16.7 Å². The summed E-state index contributed by atoms with van der Waals surface area (Å²) in [6, 6.07) is 10.9. The minimum absolute atomic E-state index is 0.0365. The Labute approximate surface area is 142 Å². The van der Waals surface area contributed by atoms with E-state index in [1.807, 2.05) is 42.7 Å². The first-order valence-corrected chi connectivity index (χ1v) is 8.20. The number of nitro groups is 1. The number of nitrogens with zero attached hydrogens (tertiary/aromatic N) is 5. The lowest BCUT2D eigenvalue weighted by atomic mass is 10.1. The molecule has 1 aromatic carbocycles. The third-order valence-electron chi connectivity index (χ3n) is 3.55. The zero-order valence-electron chi connectivity index (χ0n) is 13.2. The molecule has 8 heteroatoms. The van der Waals surface area contributed by atoms with Gasteiger partial charge < -0.3 is 4.57 Å². The molecule has 3 aromatic rings. The Balaban J connectivity index is 2.03. The molecule has 24 heavy (non-hydrogen) atoms. The monoisotopic (exact) mass is 341 g/mol. The van der Waals surface area contributed by atoms with Crippen LogP contribution in [0.25, 0.3) is 11.4 Å². The van der Waals surface area contributed by atoms with Gasteiger partial charge in [-0.2, -0.15) is 0 Å². The van der Waals surface area contributed by atoms with Crippen molar-refractivity contribution in [1.29, 1.82) is 0 Å². The number of aryl methyl sites for hydroxylation is 1. The molecule has 0 fully saturated rings. The molecule has 0 bridgehead atoms. The first kappa shape index (κ1) is 16.1. The van der Waals surface area contributed by atoms with Gasteiger partial charge in [0.25, 0.3) is 0 Å². The molecule has 0 saturated carbocycles. The summed E-state index contributed by atoms with van der Waals surface area (Å²) in [7, 11) is 0. The zero-order chi connectivity index (χ0) is 17.1. The molecule has 0 saturated heterocycles. The predicted molar refractivity (Wildman–Crippen MR) is 90.9 cm³/mol. The Morgan fingerprint density at radius 2 is 2.00 bits per heavy atom. The van der Waals surface area contributed by atoms with Crippen molar-refractivity contribution in [1.82, 2.24) is 19.7 Å². The van der Waals surface area contributed by atoms with Crippen molar-refractivity contribution in [3.8, 4) is 11.4 Å². The van der Waals surface area contributed by atoms with Crippen LogP contribution in [0.5, 0.6) is 0 Å². The van der Waals surface area contributed by atoms with Crippen LogP contribution in [0.3, 0.4) is 0 Å². The van der Waals surface area contributed by atoms with Crippen molar-refractivity contribution < 1.29 is 4.92 Å². The van der Waals surface area contributed by atoms with Crippen LogP contribution in [-0.2, 0) is 6.54 Å². The van der Waals surface area contributed by atoms with Gasteiger partial charge in [-0.05, 0) is 37.2 Å². The van der Waals surface area contributed by atoms with Crippen LogP contribution in [0.2, 0.25) is 0 Å². The molecule has 0 atom stereocenters. The number of hydrogen-bond donors (Lipinski definition) is 0. The fourth-order valence-electron chi connectivity index (χ4n) is 2.36. The average Bonchev–Trinajstić information content (AvgIpc) is 2.98. The molecule has 122 valence electrons. The molecule has 0 spiro atoms. The van der Waals surface area contributed by atoms with Crippen molar-refractivity contribution in [2.75, 3.05) is 0 Å². The maximum Gasteiger partial charge on any atom is 0.301 e. The molecule has 7 nitrogen and oxygen atoms in total. The highest BCUT2D eigenvalue weighted by molar-refractivity contribution is 7.99. The molecule has 0 aliphatic heterocycles. The van der Waals surface area contributed by atoms with Crippen LogP contribution >= 0.6 is 11.8 Å². The summed E-state index contributed by atoms with van der Waals surface area (Å²) < 4.78 is 1.94. The molecule has 0 aliphatic carbocycles. The number of hydrogen-bond acceptors (Lipinski definition) is 6. The van der Waals surface area contributed by atoms with E-state index in [1.54, 1.807) is 6.07 Å². The van der Waals surface area contributed by atoms with Gasteiger partial charge in [0.2, 0.25) is 0 Å². The Morgan fingerprint density at radius 1 is 1.21 bits per heavy atom. The van der Waals surface area contributed by atoms with Crippen molar-refractivity contribution in [2.24, 2.45) is 0 Å². The summed E-state index contributed by atoms with van der Waals surface area (Å²) in [6.07, 6.45) is 1.53. The quantitative estimate of drug-likeness (QED) is 0.519. The van der Waals surface area contributed by atoms with Gasteiger partial charge in [-0.3, -0.25) is 10.1 Å². The molecule has 3 rings (SSSR count). The Hall–Kier alpha value is -2.74. The second kappa shape index (κ2) is 6.79. The molecule has 0 aliphatic rings. The molecule has 2 aromatic heterocycles. The van der Waals surface area contributed by atoms with E-state index >= 15 is 0 Å². The topological polar surface area (TPSA) is 86.7 Å². The molecule has 2 heterocycles. The van der Waals surface area contributed by atoms with Gasteiger partial charge in [-0.1, -0.05) is 24.3 Å². The number of benzene rings is 1. The van der Waals surface area contributed by atoms with Gasteiger partial charge in [0.1, 0.15) is 0 Å². The summed E-state index contributed by atoms with van der Waals surface area (Å²) in [5.41, 5.74) is 2.06. The fraction of sp³-hybridized carbons (Fsp3) is 0.188. The second-order valence-electron chi connectivity index (χ2n) is 5.05. The van der Waals surface area contributed by atoms with Gasteiger partial charge >= 0.3 is 5.69 Å². The van der Waals surface area contributed by atoms with Crippen molar-refractivity contribution >= 4 is 17.4 Å². The lowest BCUT2D eigenvalue weighted by molar-refractivity contribution is -0.388. The highest BCUT2D eigenvalue weighted by Crippen LogP contribution is 2.33. The van der Waals surface area contributed by atoms with Crippen LogP contribution in [-0.4, -0.2) is 24.7 Å². The first-order valence-electron chi connectivity index (χ1n) is 7.38. The van der Waals surface area contributed by atoms with Gasteiger partial charge in [-0.25, -0.2) is 4.98 Å². The van der Waals surface area contributed by atoms with Crippen LogP contribution in [0, 0.1) is 17.0 Å². The van der Waals surface area contributed by atoms with Crippen LogP contribution in [0.15, 0.2) is 52.8 Å². The predicted octanol–water partition coefficient (Wildman–Crippen LogP) is 3.73. The van der Waals surface area contributed by atoms with E-state index in [9.17, 15) is 10.1 Å². The van der Waals surface area contributed by atoms with E-state index < -0.39 is 4.92 Å². The molecular formula is C16H15N5O2S. The number of rotatable bonds is 5. The number of pyridine rings is 1. The summed E-state index contributed by atoms with van der Waals surface area (Å²) in [5.74, 6) is 0.747. The van der Waals surface area contributed by atoms with E-state index in [-0.39, 0.29) is 5.69 Å². The molecule has 0 N–H and O–H groups in total. The smallest absolute Gasteiger partial charge is 0.301 e. The summed E-state index contributed by atoms with van der Waals surface area (Å²) in [4.78, 5) is 14.8. The summed E-state index contributed by atoms with van der Waals surface area (Å²) in [5, 5.41) is 20.5. The van der Waals surface area contributed by atoms with Crippen LogP contribution < -0.4 is 0 Å². The van der Waals surface area contributed by atoms with Crippen molar-refractivity contribution in [2.45, 2.75) is 30.6 Å². The van der Waals surface area contributed by atoms with Crippen LogP contribution in [0.1, 0.15) is 12.5 Å². The van der Waals surface area contributed by atoms with E-state index in [0.717, 1.165) is 28.7 Å². The molecular weight excluding hydrogens is 326 g/mol. The normalized spacial score (nSPS) is 10.8. The van der Waals surface area contributed by atoms with Crippen molar-refractivity contribution in [3.63, 3.8) is 0 Å². The van der Waals surface area contributed by atoms with Gasteiger partial charge in [-0.15, -0.1) is 10.2 Å². The lowest BCUT2D eigenvalue weighted by Crippen LogP contribution is -2.01. The largest absolute Gasteiger partial charge is 0.302 e. The minimum Gasteiger partial charge on any atom is -0.302 e. The maximum absolute atomic E-state index is 11.1. The molecule has 0 radical (unpaired) electrons. The second-order valence-corrected chi connectivity index (χ2v) is 6.01. The minimum atomic E-state index is -0.440. The molecule has 0 unspecified atom stereocenters. The third-order valence-corrected chi connectivity index (χ3v) is 4.55. The summed E-state index contributed by atoms with van der Waals surface area (Å²) >= 11 is 1.15. The zero-order valence-corrected chi connectivity index (χ0v) is 14.0. The summed E-state index contributed by atoms with van der Waals surface area (Å²) in [6.45, 7) is 4.65. The highest BCUT2D eigenvalue weighted by Gasteiger charge is 2.20.